The van der Waals surface area contributed by atoms with E-state index in [-0.39, 0.29) is 18.2 Å². The van der Waals surface area contributed by atoms with Crippen LogP contribution < -0.4 is 20.7 Å². The van der Waals surface area contributed by atoms with Gasteiger partial charge >= 0.3 is 0 Å². The quantitative estimate of drug-likeness (QED) is 0.567. The molecule has 1 fully saturated rings. The minimum absolute atomic E-state index is 0.214. The van der Waals surface area contributed by atoms with Crippen molar-refractivity contribution in [1.82, 2.24) is 16.0 Å². The SMILES string of the molecule is CC(C)(C)[C@H](NC(=O)CCc1ccccc1)C(=O)N[C@@H]1C(=O)N[C@H]1Oc1ccccc1. The number of hydrogen-bond donors (Lipinski definition) is 3. The van der Waals surface area contributed by atoms with E-state index in [1.807, 2.05) is 69.3 Å². The van der Waals surface area contributed by atoms with Crippen LogP contribution in [0.3, 0.4) is 0 Å². The van der Waals surface area contributed by atoms with Crippen molar-refractivity contribution in [2.45, 2.75) is 51.9 Å². The summed E-state index contributed by atoms with van der Waals surface area (Å²) in [6.45, 7) is 5.61. The molecule has 31 heavy (non-hydrogen) atoms. The van der Waals surface area contributed by atoms with Crippen molar-refractivity contribution >= 4 is 17.7 Å². The second kappa shape index (κ2) is 9.64. The van der Waals surface area contributed by atoms with Gasteiger partial charge in [0.1, 0.15) is 11.8 Å². The maximum absolute atomic E-state index is 13.0. The van der Waals surface area contributed by atoms with Crippen molar-refractivity contribution in [3.63, 3.8) is 0 Å². The number of ether oxygens (including phenoxy) is 1. The van der Waals surface area contributed by atoms with Crippen LogP contribution in [0.4, 0.5) is 0 Å². The highest BCUT2D eigenvalue weighted by Gasteiger charge is 2.44. The lowest BCUT2D eigenvalue weighted by atomic mass is 9.85. The van der Waals surface area contributed by atoms with Crippen molar-refractivity contribution in [2.75, 3.05) is 0 Å². The lowest BCUT2D eigenvalue weighted by Gasteiger charge is -2.39. The summed E-state index contributed by atoms with van der Waals surface area (Å²) in [5.41, 5.74) is 0.518. The van der Waals surface area contributed by atoms with Crippen LogP contribution in [-0.2, 0) is 20.8 Å². The molecule has 1 aliphatic heterocycles. The van der Waals surface area contributed by atoms with Crippen molar-refractivity contribution in [3.8, 4) is 5.75 Å². The molecule has 0 unspecified atom stereocenters. The smallest absolute Gasteiger partial charge is 0.251 e. The van der Waals surface area contributed by atoms with Crippen LogP contribution in [0, 0.1) is 5.41 Å². The van der Waals surface area contributed by atoms with Crippen LogP contribution in [0.25, 0.3) is 0 Å². The monoisotopic (exact) mass is 423 g/mol. The number of carbonyl (C=O) groups excluding carboxylic acids is 3. The van der Waals surface area contributed by atoms with Gasteiger partial charge < -0.3 is 20.7 Å². The third-order valence-electron chi connectivity index (χ3n) is 5.09. The molecule has 0 bridgehead atoms. The molecular weight excluding hydrogens is 394 g/mol. The van der Waals surface area contributed by atoms with E-state index in [1.54, 1.807) is 12.1 Å². The van der Waals surface area contributed by atoms with E-state index in [1.165, 1.54) is 0 Å². The lowest BCUT2D eigenvalue weighted by molar-refractivity contribution is -0.145. The third-order valence-corrected chi connectivity index (χ3v) is 5.09. The molecule has 7 nitrogen and oxygen atoms in total. The number of para-hydroxylation sites is 1. The van der Waals surface area contributed by atoms with Crippen LogP contribution in [0.5, 0.6) is 5.75 Å². The first kappa shape index (κ1) is 22.3. The van der Waals surface area contributed by atoms with E-state index < -0.39 is 29.6 Å². The summed E-state index contributed by atoms with van der Waals surface area (Å²) in [6, 6.07) is 17.1. The maximum atomic E-state index is 13.0. The Labute approximate surface area is 182 Å². The van der Waals surface area contributed by atoms with E-state index in [4.69, 9.17) is 4.74 Å². The molecule has 0 saturated carbocycles. The number of carbonyl (C=O) groups is 3. The first-order valence-electron chi connectivity index (χ1n) is 10.4. The maximum Gasteiger partial charge on any atom is 0.251 e. The molecule has 2 aromatic carbocycles. The second-order valence-corrected chi connectivity index (χ2v) is 8.70. The van der Waals surface area contributed by atoms with Gasteiger partial charge in [-0.2, -0.15) is 0 Å². The first-order valence-corrected chi connectivity index (χ1v) is 10.4. The third kappa shape index (κ3) is 6.07. The molecular formula is C24H29N3O4. The van der Waals surface area contributed by atoms with Gasteiger partial charge in [0.25, 0.3) is 5.91 Å². The van der Waals surface area contributed by atoms with E-state index in [0.717, 1.165) is 5.56 Å². The average Bonchev–Trinajstić information content (AvgIpc) is 2.74. The Morgan fingerprint density at radius 2 is 1.65 bits per heavy atom. The highest BCUT2D eigenvalue weighted by molar-refractivity contribution is 5.95. The topological polar surface area (TPSA) is 96.5 Å². The van der Waals surface area contributed by atoms with Gasteiger partial charge in [-0.3, -0.25) is 14.4 Å². The zero-order valence-corrected chi connectivity index (χ0v) is 18.1. The summed E-state index contributed by atoms with van der Waals surface area (Å²) in [5.74, 6) is -0.359. The number of rotatable bonds is 8. The molecule has 1 saturated heterocycles. The number of benzene rings is 2. The zero-order chi connectivity index (χ0) is 22.4. The fourth-order valence-electron chi connectivity index (χ4n) is 3.29. The molecule has 7 heteroatoms. The van der Waals surface area contributed by atoms with Gasteiger partial charge in [0, 0.05) is 6.42 Å². The van der Waals surface area contributed by atoms with E-state index in [2.05, 4.69) is 16.0 Å². The van der Waals surface area contributed by atoms with Gasteiger partial charge in [-0.05, 0) is 29.5 Å². The minimum Gasteiger partial charge on any atom is -0.468 e. The Balaban J connectivity index is 1.59. The van der Waals surface area contributed by atoms with Crippen LogP contribution in [0.1, 0.15) is 32.8 Å². The van der Waals surface area contributed by atoms with Crippen molar-refractivity contribution in [3.05, 3.63) is 66.2 Å². The summed E-state index contributed by atoms with van der Waals surface area (Å²) in [5, 5.41) is 8.21. The van der Waals surface area contributed by atoms with Crippen LogP contribution >= 0.6 is 0 Å². The summed E-state index contributed by atoms with van der Waals surface area (Å²) >= 11 is 0. The first-order chi connectivity index (χ1) is 14.7. The molecule has 164 valence electrons. The van der Waals surface area contributed by atoms with Gasteiger partial charge in [0.15, 0.2) is 6.04 Å². The minimum atomic E-state index is -0.821. The molecule has 1 heterocycles. The van der Waals surface area contributed by atoms with E-state index in [9.17, 15) is 14.4 Å². The fraction of sp³-hybridized carbons (Fsp3) is 0.375. The van der Waals surface area contributed by atoms with Crippen molar-refractivity contribution in [1.29, 1.82) is 0 Å². The molecule has 3 N–H and O–H groups in total. The van der Waals surface area contributed by atoms with Crippen LogP contribution in [-0.4, -0.2) is 36.0 Å². The molecule has 3 amide bonds. The van der Waals surface area contributed by atoms with Gasteiger partial charge in [0.05, 0.1) is 0 Å². The Morgan fingerprint density at radius 1 is 1.03 bits per heavy atom. The van der Waals surface area contributed by atoms with Crippen LogP contribution in [0.15, 0.2) is 60.7 Å². The number of amides is 3. The Hall–Kier alpha value is -3.35. The number of hydrogen-bond acceptors (Lipinski definition) is 4. The normalized spacial score (nSPS) is 18.9. The van der Waals surface area contributed by atoms with Crippen LogP contribution in [0.2, 0.25) is 0 Å². The number of aryl methyl sites for hydroxylation is 1. The standard InChI is InChI=1S/C24H29N3O4/c1-24(2,3)20(25-18(28)15-14-16-10-6-4-7-11-16)22(30)26-19-21(29)27-23(19)31-17-12-8-5-9-13-17/h4-13,19-20,23H,14-15H2,1-3H3,(H,25,28)(H,26,30)(H,27,29)/t19-,20-,23+/m1/s1. The van der Waals surface area contributed by atoms with E-state index in [0.29, 0.717) is 12.2 Å². The van der Waals surface area contributed by atoms with Crippen molar-refractivity contribution in [2.24, 2.45) is 5.41 Å². The average molecular weight is 424 g/mol. The van der Waals surface area contributed by atoms with E-state index >= 15 is 0 Å². The molecule has 0 aromatic heterocycles. The summed E-state index contributed by atoms with van der Waals surface area (Å²) in [7, 11) is 0. The van der Waals surface area contributed by atoms with Crippen molar-refractivity contribution < 1.29 is 19.1 Å². The molecule has 3 rings (SSSR count). The Morgan fingerprint density at radius 3 is 2.23 bits per heavy atom. The highest BCUT2D eigenvalue weighted by Crippen LogP contribution is 2.21. The fourth-order valence-corrected chi connectivity index (χ4v) is 3.29. The Kier molecular flexibility index (Phi) is 6.95. The van der Waals surface area contributed by atoms with Gasteiger partial charge in [-0.1, -0.05) is 69.3 Å². The van der Waals surface area contributed by atoms with Gasteiger partial charge in [-0.15, -0.1) is 0 Å². The highest BCUT2D eigenvalue weighted by atomic mass is 16.5. The lowest BCUT2D eigenvalue weighted by Crippen LogP contribution is -2.72. The second-order valence-electron chi connectivity index (χ2n) is 8.70. The zero-order valence-electron chi connectivity index (χ0n) is 18.1. The molecule has 2 aromatic rings. The van der Waals surface area contributed by atoms with Gasteiger partial charge in [-0.25, -0.2) is 0 Å². The Bertz CT molecular complexity index is 909. The summed E-state index contributed by atoms with van der Waals surface area (Å²) < 4.78 is 5.73. The molecule has 1 aliphatic rings. The number of nitrogens with one attached hydrogen (secondary N) is 3. The molecule has 0 radical (unpaired) electrons. The molecule has 0 aliphatic carbocycles. The predicted molar refractivity (Wildman–Crippen MR) is 117 cm³/mol. The predicted octanol–water partition coefficient (Wildman–Crippen LogP) is 2.17. The number of β-lactam (4-membered cyclic amide) rings is 1. The summed E-state index contributed by atoms with van der Waals surface area (Å²) in [4.78, 5) is 37.5. The summed E-state index contributed by atoms with van der Waals surface area (Å²) in [6.07, 6.45) is 0.199. The van der Waals surface area contributed by atoms with Gasteiger partial charge in [0.2, 0.25) is 18.0 Å². The largest absolute Gasteiger partial charge is 0.468 e. The molecule has 3 atom stereocenters. The molecule has 0 spiro atoms.